The molecule has 0 saturated heterocycles. The van der Waals surface area contributed by atoms with Gasteiger partial charge in [-0.2, -0.15) is 0 Å². The minimum Gasteiger partial charge on any atom is -0.444 e. The van der Waals surface area contributed by atoms with Crippen LogP contribution in [-0.4, -0.2) is 17.3 Å². The average molecular weight is 309 g/mol. The number of rotatable bonds is 5. The van der Waals surface area contributed by atoms with Crippen LogP contribution in [0.25, 0.3) is 0 Å². The second kappa shape index (κ2) is 5.73. The molecule has 1 amide bonds. The summed E-state index contributed by atoms with van der Waals surface area (Å²) >= 11 is 9.07. The lowest BCUT2D eigenvalue weighted by Gasteiger charge is -2.30. The number of hydrogen-bond donors (Lipinski definition) is 1. The molecule has 0 bridgehead atoms. The summed E-state index contributed by atoms with van der Waals surface area (Å²) in [7, 11) is 0. The van der Waals surface area contributed by atoms with Crippen molar-refractivity contribution in [1.29, 1.82) is 0 Å². The highest BCUT2D eigenvalue weighted by atomic mass is 79.9. The van der Waals surface area contributed by atoms with Crippen molar-refractivity contribution in [3.8, 4) is 0 Å². The summed E-state index contributed by atoms with van der Waals surface area (Å²) in [5.74, 6) is 0.464. The lowest BCUT2D eigenvalue weighted by atomic mass is 9.95. The Kier molecular flexibility index (Phi) is 4.87. The van der Waals surface area contributed by atoms with Crippen LogP contribution in [0.15, 0.2) is 21.2 Å². The number of hydrogen-bond acceptors (Lipinski definition) is 2. The van der Waals surface area contributed by atoms with E-state index in [0.29, 0.717) is 16.3 Å². The maximum atomic E-state index is 11.9. The van der Waals surface area contributed by atoms with Crippen LogP contribution in [0.2, 0.25) is 0 Å². The van der Waals surface area contributed by atoms with Crippen molar-refractivity contribution >= 4 is 33.4 Å². The minimum absolute atomic E-state index is 0.227. The van der Waals surface area contributed by atoms with E-state index in [-0.39, 0.29) is 11.4 Å². The van der Waals surface area contributed by atoms with Crippen molar-refractivity contribution in [1.82, 2.24) is 5.32 Å². The highest BCUT2D eigenvalue weighted by Crippen LogP contribution is 2.19. The highest BCUT2D eigenvalue weighted by Gasteiger charge is 2.28. The molecule has 1 aromatic heterocycles. The van der Waals surface area contributed by atoms with Gasteiger partial charge >= 0.3 is 0 Å². The summed E-state index contributed by atoms with van der Waals surface area (Å²) in [5, 5.41) is 2.92. The van der Waals surface area contributed by atoms with Crippen molar-refractivity contribution in [2.45, 2.75) is 32.2 Å². The van der Waals surface area contributed by atoms with Gasteiger partial charge in [-0.15, -0.1) is 11.6 Å². The van der Waals surface area contributed by atoms with E-state index in [1.54, 1.807) is 12.1 Å². The summed E-state index contributed by atoms with van der Waals surface area (Å²) in [6, 6.07) is 3.32. The molecule has 0 fully saturated rings. The van der Waals surface area contributed by atoms with Gasteiger partial charge in [0.05, 0.1) is 5.54 Å². The molecule has 1 N–H and O–H groups in total. The number of alkyl halides is 1. The third-order valence-electron chi connectivity index (χ3n) is 2.79. The summed E-state index contributed by atoms with van der Waals surface area (Å²) in [6.07, 6.45) is 1.58. The van der Waals surface area contributed by atoms with Crippen molar-refractivity contribution in [2.75, 3.05) is 5.88 Å². The Morgan fingerprint density at radius 3 is 2.50 bits per heavy atom. The Bertz CT molecular complexity index is 352. The van der Waals surface area contributed by atoms with E-state index >= 15 is 0 Å². The fourth-order valence-electron chi connectivity index (χ4n) is 1.39. The normalized spacial score (nSPS) is 11.5. The maximum Gasteiger partial charge on any atom is 0.287 e. The molecule has 0 aliphatic rings. The minimum atomic E-state index is -0.349. The summed E-state index contributed by atoms with van der Waals surface area (Å²) in [4.78, 5) is 11.9. The molecule has 3 nitrogen and oxygen atoms in total. The first-order valence-corrected chi connectivity index (χ1v) is 6.53. The van der Waals surface area contributed by atoms with E-state index < -0.39 is 0 Å². The number of nitrogens with one attached hydrogen (secondary N) is 1. The fraction of sp³-hybridized carbons (Fsp3) is 0.545. The van der Waals surface area contributed by atoms with Crippen LogP contribution in [0.4, 0.5) is 0 Å². The SMILES string of the molecule is CCC(CC)(CCl)NC(=O)c1ccc(Br)o1. The van der Waals surface area contributed by atoms with Crippen LogP contribution < -0.4 is 5.32 Å². The molecule has 16 heavy (non-hydrogen) atoms. The molecular formula is C11H15BrClNO2. The van der Waals surface area contributed by atoms with Gasteiger partial charge in [0.2, 0.25) is 0 Å². The molecule has 1 aromatic rings. The largest absolute Gasteiger partial charge is 0.444 e. The van der Waals surface area contributed by atoms with Gasteiger partial charge < -0.3 is 9.73 Å². The number of furan rings is 1. The quantitative estimate of drug-likeness (QED) is 0.845. The molecule has 90 valence electrons. The van der Waals surface area contributed by atoms with Gasteiger partial charge in [0.15, 0.2) is 10.4 Å². The van der Waals surface area contributed by atoms with Crippen LogP contribution in [0.3, 0.4) is 0 Å². The van der Waals surface area contributed by atoms with E-state index in [0.717, 1.165) is 12.8 Å². The van der Waals surface area contributed by atoms with Gasteiger partial charge in [-0.25, -0.2) is 0 Å². The molecule has 0 unspecified atom stereocenters. The fourth-order valence-corrected chi connectivity index (χ4v) is 2.14. The topological polar surface area (TPSA) is 42.2 Å². The van der Waals surface area contributed by atoms with Crippen molar-refractivity contribution in [3.63, 3.8) is 0 Å². The highest BCUT2D eigenvalue weighted by molar-refractivity contribution is 9.10. The first-order valence-electron chi connectivity index (χ1n) is 5.20. The second-order valence-corrected chi connectivity index (χ2v) is 4.73. The van der Waals surface area contributed by atoms with Crippen LogP contribution in [-0.2, 0) is 0 Å². The molecule has 0 atom stereocenters. The standard InChI is InChI=1S/C11H15BrClNO2/c1-3-11(4-2,7-13)14-10(15)8-5-6-9(12)16-8/h5-6H,3-4,7H2,1-2H3,(H,14,15). The van der Waals surface area contributed by atoms with Crippen LogP contribution in [0.5, 0.6) is 0 Å². The maximum absolute atomic E-state index is 11.9. The zero-order chi connectivity index (χ0) is 12.2. The van der Waals surface area contributed by atoms with Crippen molar-refractivity contribution in [3.05, 3.63) is 22.6 Å². The van der Waals surface area contributed by atoms with Crippen LogP contribution in [0, 0.1) is 0 Å². The van der Waals surface area contributed by atoms with E-state index in [9.17, 15) is 4.79 Å². The number of carbonyl (C=O) groups excluding carboxylic acids is 1. The molecular weight excluding hydrogens is 293 g/mol. The Morgan fingerprint density at radius 2 is 2.12 bits per heavy atom. The summed E-state index contributed by atoms with van der Waals surface area (Å²) < 4.78 is 5.73. The first-order chi connectivity index (χ1) is 7.56. The molecule has 0 radical (unpaired) electrons. The molecule has 0 spiro atoms. The van der Waals surface area contributed by atoms with Gasteiger partial charge in [0, 0.05) is 5.88 Å². The molecule has 5 heteroatoms. The molecule has 0 aliphatic carbocycles. The predicted octanol–water partition coefficient (Wildman–Crippen LogP) is 3.57. The molecule has 0 saturated carbocycles. The third-order valence-corrected chi connectivity index (χ3v) is 3.72. The Balaban J connectivity index is 2.76. The second-order valence-electron chi connectivity index (χ2n) is 3.68. The monoisotopic (exact) mass is 307 g/mol. The lowest BCUT2D eigenvalue weighted by Crippen LogP contribution is -2.49. The third kappa shape index (κ3) is 3.01. The Labute approximate surface area is 109 Å². The van der Waals surface area contributed by atoms with E-state index in [1.165, 1.54) is 0 Å². The molecule has 0 aliphatic heterocycles. The molecule has 1 rings (SSSR count). The van der Waals surface area contributed by atoms with E-state index in [4.69, 9.17) is 16.0 Å². The van der Waals surface area contributed by atoms with Gasteiger partial charge in [-0.3, -0.25) is 4.79 Å². The zero-order valence-corrected chi connectivity index (χ0v) is 11.7. The average Bonchev–Trinajstić information content (AvgIpc) is 2.73. The first kappa shape index (κ1) is 13.6. The Hall–Kier alpha value is -0.480. The number of amides is 1. The zero-order valence-electron chi connectivity index (χ0n) is 9.35. The smallest absolute Gasteiger partial charge is 0.287 e. The van der Waals surface area contributed by atoms with Crippen molar-refractivity contribution < 1.29 is 9.21 Å². The molecule has 1 heterocycles. The Morgan fingerprint density at radius 1 is 1.50 bits per heavy atom. The van der Waals surface area contributed by atoms with Crippen LogP contribution >= 0.6 is 27.5 Å². The summed E-state index contributed by atoms with van der Waals surface area (Å²) in [6.45, 7) is 4.01. The lowest BCUT2D eigenvalue weighted by molar-refractivity contribution is 0.0872. The van der Waals surface area contributed by atoms with Crippen LogP contribution in [0.1, 0.15) is 37.2 Å². The summed E-state index contributed by atoms with van der Waals surface area (Å²) in [5.41, 5.74) is -0.349. The molecule has 0 aromatic carbocycles. The van der Waals surface area contributed by atoms with Gasteiger partial charge in [0.1, 0.15) is 0 Å². The number of halogens is 2. The predicted molar refractivity (Wildman–Crippen MR) is 67.9 cm³/mol. The van der Waals surface area contributed by atoms with Crippen molar-refractivity contribution in [2.24, 2.45) is 0 Å². The van der Waals surface area contributed by atoms with Gasteiger partial charge in [0.25, 0.3) is 5.91 Å². The van der Waals surface area contributed by atoms with E-state index in [1.807, 2.05) is 13.8 Å². The van der Waals surface area contributed by atoms with Gasteiger partial charge in [-0.05, 0) is 40.9 Å². The number of carbonyl (C=O) groups is 1. The van der Waals surface area contributed by atoms with Gasteiger partial charge in [-0.1, -0.05) is 13.8 Å². The van der Waals surface area contributed by atoms with E-state index in [2.05, 4.69) is 21.2 Å².